The molecule has 3 rings (SSSR count). The van der Waals surface area contributed by atoms with Gasteiger partial charge in [0.15, 0.2) is 0 Å². The maximum atomic E-state index is 13.6. The van der Waals surface area contributed by atoms with Gasteiger partial charge < -0.3 is 20.5 Å². The molecule has 0 saturated carbocycles. The van der Waals surface area contributed by atoms with Crippen LogP contribution in [0.3, 0.4) is 0 Å². The second kappa shape index (κ2) is 8.09. The highest BCUT2D eigenvalue weighted by Gasteiger charge is 2.18. The van der Waals surface area contributed by atoms with Crippen molar-refractivity contribution in [3.05, 3.63) is 59.4 Å². The van der Waals surface area contributed by atoms with Crippen LogP contribution >= 0.6 is 0 Å². The van der Waals surface area contributed by atoms with Crippen LogP contribution in [-0.2, 0) is 11.3 Å². The van der Waals surface area contributed by atoms with E-state index in [9.17, 15) is 9.18 Å². The van der Waals surface area contributed by atoms with Gasteiger partial charge >= 0.3 is 0 Å². The van der Waals surface area contributed by atoms with Crippen LogP contribution in [0.4, 0.5) is 10.1 Å². The SMILES string of the molecule is NCc1ccc(C(=O)Nc2cc(F)ccc2OCC2CCCO2)cc1. The summed E-state index contributed by atoms with van der Waals surface area (Å²) in [5.74, 6) is -0.363. The van der Waals surface area contributed by atoms with Crippen LogP contribution in [-0.4, -0.2) is 25.2 Å². The van der Waals surface area contributed by atoms with E-state index < -0.39 is 5.82 Å². The number of hydrogen-bond donors (Lipinski definition) is 2. The molecule has 0 bridgehead atoms. The van der Waals surface area contributed by atoms with E-state index in [0.29, 0.717) is 30.2 Å². The Morgan fingerprint density at radius 3 is 2.76 bits per heavy atom. The molecule has 25 heavy (non-hydrogen) atoms. The predicted molar refractivity (Wildman–Crippen MR) is 93.2 cm³/mol. The number of anilines is 1. The van der Waals surface area contributed by atoms with Gasteiger partial charge in [0, 0.05) is 24.8 Å². The second-order valence-corrected chi connectivity index (χ2v) is 5.94. The third-order valence-corrected chi connectivity index (χ3v) is 4.09. The largest absolute Gasteiger partial charge is 0.489 e. The van der Waals surface area contributed by atoms with E-state index in [1.165, 1.54) is 18.2 Å². The van der Waals surface area contributed by atoms with Gasteiger partial charge in [-0.05, 0) is 42.7 Å². The fourth-order valence-corrected chi connectivity index (χ4v) is 2.67. The summed E-state index contributed by atoms with van der Waals surface area (Å²) in [6.07, 6.45) is 1.99. The van der Waals surface area contributed by atoms with Crippen molar-refractivity contribution in [1.82, 2.24) is 0 Å². The van der Waals surface area contributed by atoms with Gasteiger partial charge in [-0.2, -0.15) is 0 Å². The van der Waals surface area contributed by atoms with Crippen LogP contribution in [0.2, 0.25) is 0 Å². The Morgan fingerprint density at radius 1 is 1.28 bits per heavy atom. The Balaban J connectivity index is 1.70. The van der Waals surface area contributed by atoms with Crippen molar-refractivity contribution in [2.45, 2.75) is 25.5 Å². The Kier molecular flexibility index (Phi) is 5.63. The molecule has 1 fully saturated rings. The van der Waals surface area contributed by atoms with Crippen molar-refractivity contribution in [1.29, 1.82) is 0 Å². The van der Waals surface area contributed by atoms with Gasteiger partial charge in [0.25, 0.3) is 5.91 Å². The van der Waals surface area contributed by atoms with Gasteiger partial charge in [-0.1, -0.05) is 12.1 Å². The van der Waals surface area contributed by atoms with E-state index in [1.54, 1.807) is 24.3 Å². The first-order valence-electron chi connectivity index (χ1n) is 8.30. The van der Waals surface area contributed by atoms with E-state index in [1.807, 2.05) is 0 Å². The summed E-state index contributed by atoms with van der Waals surface area (Å²) >= 11 is 0. The van der Waals surface area contributed by atoms with Crippen molar-refractivity contribution in [2.24, 2.45) is 5.73 Å². The summed E-state index contributed by atoms with van der Waals surface area (Å²) in [5.41, 5.74) is 7.25. The Bertz CT molecular complexity index is 728. The molecule has 0 aromatic heterocycles. The number of ether oxygens (including phenoxy) is 2. The number of hydrogen-bond acceptors (Lipinski definition) is 4. The van der Waals surface area contributed by atoms with Crippen molar-refractivity contribution < 1.29 is 18.7 Å². The number of benzene rings is 2. The molecule has 1 saturated heterocycles. The van der Waals surface area contributed by atoms with Gasteiger partial charge in [0.2, 0.25) is 0 Å². The maximum absolute atomic E-state index is 13.6. The lowest BCUT2D eigenvalue weighted by Gasteiger charge is -2.15. The Labute approximate surface area is 145 Å². The summed E-state index contributed by atoms with van der Waals surface area (Å²) in [6, 6.07) is 11.0. The van der Waals surface area contributed by atoms with Crippen molar-refractivity contribution in [2.75, 3.05) is 18.5 Å². The maximum Gasteiger partial charge on any atom is 0.255 e. The molecule has 1 heterocycles. The molecule has 5 nitrogen and oxygen atoms in total. The van der Waals surface area contributed by atoms with Crippen LogP contribution in [0.25, 0.3) is 0 Å². The number of amides is 1. The molecular formula is C19H21FN2O3. The topological polar surface area (TPSA) is 73.6 Å². The number of nitrogens with one attached hydrogen (secondary N) is 1. The molecule has 2 aromatic rings. The van der Waals surface area contributed by atoms with Crippen LogP contribution in [0.15, 0.2) is 42.5 Å². The van der Waals surface area contributed by atoms with Crippen LogP contribution in [0, 0.1) is 5.82 Å². The average molecular weight is 344 g/mol. The zero-order chi connectivity index (χ0) is 17.6. The first-order valence-corrected chi connectivity index (χ1v) is 8.30. The van der Waals surface area contributed by atoms with E-state index in [-0.39, 0.29) is 12.0 Å². The number of nitrogens with two attached hydrogens (primary N) is 1. The lowest BCUT2D eigenvalue weighted by atomic mass is 10.1. The molecule has 6 heteroatoms. The van der Waals surface area contributed by atoms with E-state index >= 15 is 0 Å². The van der Waals surface area contributed by atoms with E-state index in [2.05, 4.69) is 5.32 Å². The Hall–Kier alpha value is -2.44. The fraction of sp³-hybridized carbons (Fsp3) is 0.316. The summed E-state index contributed by atoms with van der Waals surface area (Å²) in [7, 11) is 0. The molecule has 0 radical (unpaired) electrons. The highest BCUT2D eigenvalue weighted by atomic mass is 19.1. The smallest absolute Gasteiger partial charge is 0.255 e. The molecule has 0 spiro atoms. The molecule has 1 aliphatic heterocycles. The van der Waals surface area contributed by atoms with Crippen LogP contribution < -0.4 is 15.8 Å². The molecule has 1 aliphatic rings. The highest BCUT2D eigenvalue weighted by Crippen LogP contribution is 2.27. The number of halogens is 1. The summed E-state index contributed by atoms with van der Waals surface area (Å²) in [4.78, 5) is 12.4. The lowest BCUT2D eigenvalue weighted by Crippen LogP contribution is -2.18. The van der Waals surface area contributed by atoms with E-state index in [0.717, 1.165) is 25.0 Å². The normalized spacial score (nSPS) is 16.6. The first kappa shape index (κ1) is 17.4. The zero-order valence-corrected chi connectivity index (χ0v) is 13.8. The predicted octanol–water partition coefficient (Wildman–Crippen LogP) is 3.09. The Morgan fingerprint density at radius 2 is 2.08 bits per heavy atom. The lowest BCUT2D eigenvalue weighted by molar-refractivity contribution is 0.0681. The van der Waals surface area contributed by atoms with Crippen molar-refractivity contribution >= 4 is 11.6 Å². The molecule has 1 atom stereocenters. The van der Waals surface area contributed by atoms with Crippen molar-refractivity contribution in [3.63, 3.8) is 0 Å². The third kappa shape index (κ3) is 4.55. The van der Waals surface area contributed by atoms with Crippen molar-refractivity contribution in [3.8, 4) is 5.75 Å². The quantitative estimate of drug-likeness (QED) is 0.844. The fourth-order valence-electron chi connectivity index (χ4n) is 2.67. The minimum Gasteiger partial charge on any atom is -0.489 e. The first-order chi connectivity index (χ1) is 12.2. The monoisotopic (exact) mass is 344 g/mol. The second-order valence-electron chi connectivity index (χ2n) is 5.94. The molecule has 1 unspecified atom stereocenters. The zero-order valence-electron chi connectivity index (χ0n) is 13.8. The average Bonchev–Trinajstić information content (AvgIpc) is 3.14. The molecule has 2 aromatic carbocycles. The van der Waals surface area contributed by atoms with Gasteiger partial charge in [-0.3, -0.25) is 4.79 Å². The number of carbonyl (C=O) groups is 1. The number of rotatable bonds is 6. The van der Waals surface area contributed by atoms with Gasteiger partial charge in [0.1, 0.15) is 18.2 Å². The van der Waals surface area contributed by atoms with Crippen LogP contribution in [0.5, 0.6) is 5.75 Å². The minimum absolute atomic E-state index is 0.0393. The number of carbonyl (C=O) groups excluding carboxylic acids is 1. The van der Waals surface area contributed by atoms with Crippen LogP contribution in [0.1, 0.15) is 28.8 Å². The summed E-state index contributed by atoms with van der Waals surface area (Å²) in [6.45, 7) is 1.52. The van der Waals surface area contributed by atoms with E-state index in [4.69, 9.17) is 15.2 Å². The molecule has 1 amide bonds. The van der Waals surface area contributed by atoms with Gasteiger partial charge in [-0.15, -0.1) is 0 Å². The molecule has 0 aliphatic carbocycles. The van der Waals surface area contributed by atoms with Gasteiger partial charge in [-0.25, -0.2) is 4.39 Å². The minimum atomic E-state index is -0.446. The standard InChI is InChI=1S/C19H21FN2O3/c20-15-7-8-18(25-12-16-2-1-9-24-16)17(10-15)22-19(23)14-5-3-13(11-21)4-6-14/h3-8,10,16H,1-2,9,11-12,21H2,(H,22,23). The molecule has 132 valence electrons. The highest BCUT2D eigenvalue weighted by molar-refractivity contribution is 6.05. The molecular weight excluding hydrogens is 323 g/mol. The third-order valence-electron chi connectivity index (χ3n) is 4.09. The van der Waals surface area contributed by atoms with Gasteiger partial charge in [0.05, 0.1) is 11.8 Å². The molecule has 3 N–H and O–H groups in total. The summed E-state index contributed by atoms with van der Waals surface area (Å²) in [5, 5.41) is 2.70. The summed E-state index contributed by atoms with van der Waals surface area (Å²) < 4.78 is 24.8.